The van der Waals surface area contributed by atoms with Gasteiger partial charge in [-0.2, -0.15) is 0 Å². The van der Waals surface area contributed by atoms with E-state index in [0.29, 0.717) is 23.6 Å². The molecule has 2 unspecified atom stereocenters. The fourth-order valence-corrected chi connectivity index (χ4v) is 2.26. The number of hydrogen-bond acceptors (Lipinski definition) is 2. The van der Waals surface area contributed by atoms with Crippen LogP contribution in [-0.4, -0.2) is 23.7 Å². The molecule has 86 valence electrons. The summed E-state index contributed by atoms with van der Waals surface area (Å²) in [6.45, 7) is 0.587. The second-order valence-corrected chi connectivity index (χ2v) is 4.27. The van der Waals surface area contributed by atoms with E-state index >= 15 is 0 Å². The van der Waals surface area contributed by atoms with Crippen LogP contribution in [0.3, 0.4) is 0 Å². The molecular formula is C11H11ClFNO2. The van der Waals surface area contributed by atoms with Gasteiger partial charge in [0, 0.05) is 10.9 Å². The molecule has 16 heavy (non-hydrogen) atoms. The highest BCUT2D eigenvalue weighted by atomic mass is 35.5. The van der Waals surface area contributed by atoms with Gasteiger partial charge in [-0.3, -0.25) is 4.79 Å². The predicted molar refractivity (Wildman–Crippen MR) is 58.2 cm³/mol. The smallest absolute Gasteiger partial charge is 0.321 e. The van der Waals surface area contributed by atoms with Gasteiger partial charge in [0.15, 0.2) is 0 Å². The molecule has 1 fully saturated rings. The largest absolute Gasteiger partial charge is 0.480 e. The van der Waals surface area contributed by atoms with Crippen LogP contribution in [0.25, 0.3) is 0 Å². The third kappa shape index (κ3) is 2.03. The molecule has 0 radical (unpaired) electrons. The van der Waals surface area contributed by atoms with Crippen LogP contribution < -0.4 is 5.32 Å². The fraction of sp³-hybridized carbons (Fsp3) is 0.364. The number of aliphatic carboxylic acids is 1. The van der Waals surface area contributed by atoms with Gasteiger partial charge in [-0.05, 0) is 30.7 Å². The van der Waals surface area contributed by atoms with Gasteiger partial charge < -0.3 is 10.4 Å². The summed E-state index contributed by atoms with van der Waals surface area (Å²) in [6, 6.07) is 3.65. The Morgan fingerprint density at radius 3 is 2.94 bits per heavy atom. The van der Waals surface area contributed by atoms with E-state index in [-0.39, 0.29) is 5.92 Å². The van der Waals surface area contributed by atoms with E-state index in [9.17, 15) is 9.18 Å². The second kappa shape index (κ2) is 4.39. The van der Waals surface area contributed by atoms with Crippen molar-refractivity contribution < 1.29 is 14.3 Å². The molecule has 2 rings (SSSR count). The lowest BCUT2D eigenvalue weighted by Crippen LogP contribution is -2.34. The van der Waals surface area contributed by atoms with Crippen LogP contribution in [0.15, 0.2) is 18.2 Å². The highest BCUT2D eigenvalue weighted by Crippen LogP contribution is 2.30. The first-order chi connectivity index (χ1) is 7.59. The Labute approximate surface area is 97.2 Å². The van der Waals surface area contributed by atoms with E-state index in [4.69, 9.17) is 16.7 Å². The highest BCUT2D eigenvalue weighted by Gasteiger charge is 2.35. The average molecular weight is 244 g/mol. The Morgan fingerprint density at radius 2 is 2.31 bits per heavy atom. The molecule has 1 aromatic carbocycles. The van der Waals surface area contributed by atoms with Gasteiger partial charge in [-0.25, -0.2) is 4.39 Å². The molecule has 5 heteroatoms. The van der Waals surface area contributed by atoms with Crippen molar-refractivity contribution in [3.8, 4) is 0 Å². The summed E-state index contributed by atoms with van der Waals surface area (Å²) < 4.78 is 13.6. The van der Waals surface area contributed by atoms with Crippen molar-refractivity contribution in [2.45, 2.75) is 18.4 Å². The molecule has 3 nitrogen and oxygen atoms in total. The molecule has 1 saturated heterocycles. The summed E-state index contributed by atoms with van der Waals surface area (Å²) in [4.78, 5) is 11.0. The van der Waals surface area contributed by atoms with Gasteiger partial charge in [0.2, 0.25) is 0 Å². The molecule has 2 N–H and O–H groups in total. The highest BCUT2D eigenvalue weighted by molar-refractivity contribution is 6.30. The normalized spacial score (nSPS) is 24.6. The predicted octanol–water partition coefficient (Wildman–Crippen LogP) is 2.01. The van der Waals surface area contributed by atoms with E-state index in [1.165, 1.54) is 6.07 Å². The minimum atomic E-state index is -0.947. The summed E-state index contributed by atoms with van der Waals surface area (Å²) in [5, 5.41) is 12.1. The third-order valence-corrected chi connectivity index (χ3v) is 3.09. The molecule has 1 aliphatic heterocycles. The Bertz CT molecular complexity index is 424. The molecule has 0 spiro atoms. The Balaban J connectivity index is 2.32. The van der Waals surface area contributed by atoms with Crippen LogP contribution in [-0.2, 0) is 4.79 Å². The second-order valence-electron chi connectivity index (χ2n) is 3.83. The first-order valence-corrected chi connectivity index (χ1v) is 5.38. The number of carboxylic acid groups (broad SMARTS) is 1. The summed E-state index contributed by atoms with van der Waals surface area (Å²) in [7, 11) is 0. The van der Waals surface area contributed by atoms with E-state index in [2.05, 4.69) is 5.32 Å². The quantitative estimate of drug-likeness (QED) is 0.836. The maximum absolute atomic E-state index is 13.6. The molecule has 1 aliphatic rings. The van der Waals surface area contributed by atoms with Crippen molar-refractivity contribution in [3.63, 3.8) is 0 Å². The van der Waals surface area contributed by atoms with E-state index in [1.807, 2.05) is 0 Å². The average Bonchev–Trinajstić information content (AvgIpc) is 2.66. The van der Waals surface area contributed by atoms with Crippen molar-refractivity contribution >= 4 is 17.6 Å². The van der Waals surface area contributed by atoms with Crippen molar-refractivity contribution in [1.82, 2.24) is 5.32 Å². The van der Waals surface area contributed by atoms with Crippen molar-refractivity contribution in [3.05, 3.63) is 34.6 Å². The van der Waals surface area contributed by atoms with Crippen molar-refractivity contribution in [1.29, 1.82) is 0 Å². The number of nitrogens with one attached hydrogen (secondary N) is 1. The number of halogens is 2. The summed E-state index contributed by atoms with van der Waals surface area (Å²) >= 11 is 5.65. The van der Waals surface area contributed by atoms with Crippen LogP contribution >= 0.6 is 11.6 Å². The van der Waals surface area contributed by atoms with Crippen molar-refractivity contribution in [2.24, 2.45) is 0 Å². The summed E-state index contributed by atoms with van der Waals surface area (Å²) in [5.41, 5.74) is 0.418. The van der Waals surface area contributed by atoms with E-state index in [1.54, 1.807) is 12.1 Å². The number of carbonyl (C=O) groups is 1. The Hall–Kier alpha value is -1.13. The molecule has 0 saturated carbocycles. The number of carboxylic acids is 1. The number of hydrogen-bond donors (Lipinski definition) is 2. The maximum Gasteiger partial charge on any atom is 0.321 e. The molecule has 0 aliphatic carbocycles. The molecular weight excluding hydrogens is 233 g/mol. The fourth-order valence-electron chi connectivity index (χ4n) is 2.10. The topological polar surface area (TPSA) is 49.3 Å². The monoisotopic (exact) mass is 243 g/mol. The zero-order chi connectivity index (χ0) is 11.7. The van der Waals surface area contributed by atoms with Crippen LogP contribution in [0.4, 0.5) is 4.39 Å². The van der Waals surface area contributed by atoms with Crippen LogP contribution in [0, 0.1) is 5.82 Å². The Kier molecular flexibility index (Phi) is 3.12. The number of benzene rings is 1. The molecule has 0 bridgehead atoms. The molecule has 1 aromatic rings. The van der Waals surface area contributed by atoms with Crippen LogP contribution in [0.1, 0.15) is 17.9 Å². The minimum Gasteiger partial charge on any atom is -0.480 e. The van der Waals surface area contributed by atoms with Gasteiger partial charge in [-0.1, -0.05) is 17.7 Å². The van der Waals surface area contributed by atoms with Crippen LogP contribution in [0.2, 0.25) is 5.02 Å². The molecule has 1 heterocycles. The van der Waals surface area contributed by atoms with Gasteiger partial charge in [0.25, 0.3) is 0 Å². The first kappa shape index (κ1) is 11.4. The molecule has 0 aromatic heterocycles. The van der Waals surface area contributed by atoms with Crippen LogP contribution in [0.5, 0.6) is 0 Å². The molecule has 0 amide bonds. The van der Waals surface area contributed by atoms with E-state index in [0.717, 1.165) is 0 Å². The Morgan fingerprint density at radius 1 is 1.56 bits per heavy atom. The lowest BCUT2D eigenvalue weighted by molar-refractivity contribution is -0.139. The zero-order valence-corrected chi connectivity index (χ0v) is 9.17. The molecule has 2 atom stereocenters. The summed E-state index contributed by atoms with van der Waals surface area (Å²) in [5.74, 6) is -1.71. The lowest BCUT2D eigenvalue weighted by atomic mass is 9.91. The third-order valence-electron chi connectivity index (χ3n) is 2.85. The first-order valence-electron chi connectivity index (χ1n) is 5.00. The van der Waals surface area contributed by atoms with Gasteiger partial charge in [0.05, 0.1) is 0 Å². The number of rotatable bonds is 2. The lowest BCUT2D eigenvalue weighted by Gasteiger charge is -2.16. The van der Waals surface area contributed by atoms with Gasteiger partial charge in [-0.15, -0.1) is 0 Å². The maximum atomic E-state index is 13.6. The van der Waals surface area contributed by atoms with Gasteiger partial charge >= 0.3 is 5.97 Å². The van der Waals surface area contributed by atoms with E-state index < -0.39 is 17.8 Å². The standard InChI is InChI=1S/C11H11ClFNO2/c12-6-1-2-7(9(13)5-6)8-3-4-14-10(8)11(15)16/h1-2,5,8,10,14H,3-4H2,(H,15,16). The summed E-state index contributed by atoms with van der Waals surface area (Å²) in [6.07, 6.45) is 0.621. The van der Waals surface area contributed by atoms with Gasteiger partial charge in [0.1, 0.15) is 11.9 Å². The van der Waals surface area contributed by atoms with Crippen molar-refractivity contribution in [2.75, 3.05) is 6.54 Å². The SMILES string of the molecule is O=C(O)C1NCCC1c1ccc(Cl)cc1F. The minimum absolute atomic E-state index is 0.319. The zero-order valence-electron chi connectivity index (χ0n) is 8.41.